The van der Waals surface area contributed by atoms with E-state index in [1.54, 1.807) is 31.0 Å². The maximum Gasteiger partial charge on any atom is 0.283 e. The van der Waals surface area contributed by atoms with E-state index in [-0.39, 0.29) is 0 Å². The first kappa shape index (κ1) is 14.4. The molecule has 0 aliphatic rings. The van der Waals surface area contributed by atoms with Crippen LogP contribution in [0.4, 0.5) is 0 Å². The fourth-order valence-electron chi connectivity index (χ4n) is 1.61. The van der Waals surface area contributed by atoms with Gasteiger partial charge in [-0.05, 0) is 30.3 Å². The second kappa shape index (κ2) is 6.93. The highest BCUT2D eigenvalue weighted by Crippen LogP contribution is 2.25. The number of carbonyl (C=O) groups is 1. The molecule has 6 heteroatoms. The van der Waals surface area contributed by atoms with Gasteiger partial charge >= 0.3 is 0 Å². The molecular weight excluding hydrogens is 274 g/mol. The molecule has 0 atom stereocenters. The van der Waals surface area contributed by atoms with Crippen molar-refractivity contribution in [1.82, 2.24) is 10.4 Å². The lowest BCUT2D eigenvalue weighted by atomic mass is 10.3. The summed E-state index contributed by atoms with van der Waals surface area (Å²) in [4.78, 5) is 16.7. The van der Waals surface area contributed by atoms with Crippen LogP contribution >= 0.6 is 11.8 Å². The summed E-state index contributed by atoms with van der Waals surface area (Å²) < 4.78 is 5.18. The monoisotopic (exact) mass is 289 g/mol. The minimum atomic E-state index is -0.391. The Bertz CT molecular complexity index is 604. The highest BCUT2D eigenvalue weighted by molar-refractivity contribution is 7.98. The summed E-state index contributed by atoms with van der Waals surface area (Å²) in [7, 11) is 1.64. The largest absolute Gasteiger partial charge is 0.497 e. The Kier molecular flexibility index (Phi) is 4.97. The van der Waals surface area contributed by atoms with Crippen molar-refractivity contribution in [2.24, 2.45) is 5.84 Å². The standard InChI is InChI=1S/C14H15N3O2S/c1-19-11-5-3-6-12(8-11)20-9-10-4-2-7-13(16-10)14(18)17-15/h2-8H,9,15H2,1H3,(H,17,18). The molecule has 2 aromatic rings. The molecular formula is C14H15N3O2S. The van der Waals surface area contributed by atoms with Crippen LogP contribution in [0.1, 0.15) is 16.2 Å². The van der Waals surface area contributed by atoms with Gasteiger partial charge in [0.15, 0.2) is 0 Å². The van der Waals surface area contributed by atoms with Crippen molar-refractivity contribution in [1.29, 1.82) is 0 Å². The molecule has 0 fully saturated rings. The van der Waals surface area contributed by atoms with E-state index >= 15 is 0 Å². The highest BCUT2D eigenvalue weighted by atomic mass is 32.2. The Balaban J connectivity index is 2.05. The summed E-state index contributed by atoms with van der Waals surface area (Å²) in [5.41, 5.74) is 3.21. The van der Waals surface area contributed by atoms with Gasteiger partial charge in [-0.15, -0.1) is 11.8 Å². The van der Waals surface area contributed by atoms with Crippen molar-refractivity contribution < 1.29 is 9.53 Å². The molecule has 0 aliphatic heterocycles. The molecule has 5 nitrogen and oxygen atoms in total. The predicted octanol–water partition coefficient (Wildman–Crippen LogP) is 1.99. The van der Waals surface area contributed by atoms with Crippen LogP contribution in [0, 0.1) is 0 Å². The molecule has 1 aromatic heterocycles. The number of nitrogens with zero attached hydrogens (tertiary/aromatic N) is 1. The fraction of sp³-hybridized carbons (Fsp3) is 0.143. The zero-order chi connectivity index (χ0) is 14.4. The molecule has 20 heavy (non-hydrogen) atoms. The highest BCUT2D eigenvalue weighted by Gasteiger charge is 2.06. The third kappa shape index (κ3) is 3.72. The molecule has 0 bridgehead atoms. The number of rotatable bonds is 5. The Morgan fingerprint density at radius 2 is 2.15 bits per heavy atom. The maximum absolute atomic E-state index is 11.4. The van der Waals surface area contributed by atoms with E-state index in [0.717, 1.165) is 16.3 Å². The Morgan fingerprint density at radius 3 is 2.90 bits per heavy atom. The van der Waals surface area contributed by atoms with Crippen LogP contribution in [0.3, 0.4) is 0 Å². The summed E-state index contributed by atoms with van der Waals surface area (Å²) in [6.07, 6.45) is 0. The number of nitrogens with two attached hydrogens (primary N) is 1. The summed E-state index contributed by atoms with van der Waals surface area (Å²) >= 11 is 1.63. The van der Waals surface area contributed by atoms with Gasteiger partial charge in [0.05, 0.1) is 12.8 Å². The van der Waals surface area contributed by atoms with E-state index < -0.39 is 5.91 Å². The van der Waals surface area contributed by atoms with Crippen molar-refractivity contribution in [3.8, 4) is 5.75 Å². The molecule has 3 N–H and O–H groups in total. The quantitative estimate of drug-likeness (QED) is 0.381. The van der Waals surface area contributed by atoms with Crippen LogP contribution < -0.4 is 16.0 Å². The van der Waals surface area contributed by atoms with Crippen molar-refractivity contribution in [3.05, 3.63) is 53.9 Å². The number of pyridine rings is 1. The molecule has 104 valence electrons. The third-order valence-corrected chi connectivity index (χ3v) is 3.63. The Labute approximate surface area is 121 Å². The average Bonchev–Trinajstić information content (AvgIpc) is 2.52. The van der Waals surface area contributed by atoms with Gasteiger partial charge in [-0.1, -0.05) is 12.1 Å². The van der Waals surface area contributed by atoms with Gasteiger partial charge in [0, 0.05) is 10.6 Å². The molecule has 1 heterocycles. The van der Waals surface area contributed by atoms with E-state index in [9.17, 15) is 4.79 Å². The first-order chi connectivity index (χ1) is 9.72. The number of aromatic nitrogens is 1. The molecule has 0 saturated carbocycles. The van der Waals surface area contributed by atoms with Gasteiger partial charge in [-0.3, -0.25) is 10.2 Å². The smallest absolute Gasteiger partial charge is 0.283 e. The van der Waals surface area contributed by atoms with Crippen molar-refractivity contribution >= 4 is 17.7 Å². The predicted molar refractivity (Wildman–Crippen MR) is 78.4 cm³/mol. The molecule has 0 saturated heterocycles. The molecule has 0 unspecified atom stereocenters. The van der Waals surface area contributed by atoms with E-state index in [1.807, 2.05) is 30.3 Å². The molecule has 1 aromatic carbocycles. The third-order valence-electron chi connectivity index (χ3n) is 2.60. The van der Waals surface area contributed by atoms with Gasteiger partial charge in [0.1, 0.15) is 11.4 Å². The number of nitrogens with one attached hydrogen (secondary N) is 1. The molecule has 0 spiro atoms. The zero-order valence-corrected chi connectivity index (χ0v) is 11.8. The molecule has 2 rings (SSSR count). The van der Waals surface area contributed by atoms with E-state index in [1.165, 1.54) is 0 Å². The van der Waals surface area contributed by atoms with E-state index in [2.05, 4.69) is 10.4 Å². The van der Waals surface area contributed by atoms with Gasteiger partial charge in [0.2, 0.25) is 0 Å². The van der Waals surface area contributed by atoms with Crippen molar-refractivity contribution in [2.75, 3.05) is 7.11 Å². The molecule has 0 radical (unpaired) electrons. The molecule has 1 amide bonds. The second-order valence-electron chi connectivity index (χ2n) is 3.96. The summed E-state index contributed by atoms with van der Waals surface area (Å²) in [6, 6.07) is 13.1. The van der Waals surface area contributed by atoms with Crippen LogP contribution in [0.25, 0.3) is 0 Å². The average molecular weight is 289 g/mol. The summed E-state index contributed by atoms with van der Waals surface area (Å²) in [5.74, 6) is 6.19. The number of amides is 1. The zero-order valence-electron chi connectivity index (χ0n) is 11.0. The summed E-state index contributed by atoms with van der Waals surface area (Å²) in [5, 5.41) is 0. The first-order valence-corrected chi connectivity index (χ1v) is 6.95. The normalized spacial score (nSPS) is 10.1. The topological polar surface area (TPSA) is 77.2 Å². The lowest BCUT2D eigenvalue weighted by Crippen LogP contribution is -2.30. The van der Waals surface area contributed by atoms with Crippen molar-refractivity contribution in [3.63, 3.8) is 0 Å². The second-order valence-corrected chi connectivity index (χ2v) is 5.00. The first-order valence-electron chi connectivity index (χ1n) is 5.96. The minimum absolute atomic E-state index is 0.316. The summed E-state index contributed by atoms with van der Waals surface area (Å²) in [6.45, 7) is 0. The van der Waals surface area contributed by atoms with Crippen LogP contribution in [-0.2, 0) is 5.75 Å². The van der Waals surface area contributed by atoms with Gasteiger partial charge in [0.25, 0.3) is 5.91 Å². The number of ether oxygens (including phenoxy) is 1. The number of hydrogen-bond donors (Lipinski definition) is 2. The number of hydrazine groups is 1. The van der Waals surface area contributed by atoms with Crippen LogP contribution in [0.2, 0.25) is 0 Å². The SMILES string of the molecule is COc1cccc(SCc2cccc(C(=O)NN)n2)c1. The number of hydrogen-bond acceptors (Lipinski definition) is 5. The Morgan fingerprint density at radius 1 is 1.35 bits per heavy atom. The number of methoxy groups -OCH3 is 1. The van der Waals surface area contributed by atoms with Crippen LogP contribution in [0.15, 0.2) is 47.4 Å². The van der Waals surface area contributed by atoms with Gasteiger partial charge < -0.3 is 4.74 Å². The number of benzene rings is 1. The lowest BCUT2D eigenvalue weighted by Gasteiger charge is -2.05. The van der Waals surface area contributed by atoms with E-state index in [0.29, 0.717) is 11.4 Å². The minimum Gasteiger partial charge on any atom is -0.497 e. The maximum atomic E-state index is 11.4. The fourth-order valence-corrected chi connectivity index (χ4v) is 2.46. The van der Waals surface area contributed by atoms with Crippen LogP contribution in [0.5, 0.6) is 5.75 Å². The van der Waals surface area contributed by atoms with Crippen LogP contribution in [-0.4, -0.2) is 18.0 Å². The van der Waals surface area contributed by atoms with E-state index in [4.69, 9.17) is 10.6 Å². The number of thioether (sulfide) groups is 1. The Hall–Kier alpha value is -2.05. The number of carbonyl (C=O) groups excluding carboxylic acids is 1. The van der Waals surface area contributed by atoms with Gasteiger partial charge in [-0.2, -0.15) is 0 Å². The van der Waals surface area contributed by atoms with Crippen molar-refractivity contribution in [2.45, 2.75) is 10.6 Å². The lowest BCUT2D eigenvalue weighted by molar-refractivity contribution is 0.0948. The number of nitrogen functional groups attached to an aromatic ring is 1. The molecule has 0 aliphatic carbocycles. The van der Waals surface area contributed by atoms with Gasteiger partial charge in [-0.25, -0.2) is 10.8 Å².